The fraction of sp³-hybridized carbons (Fsp3) is 0.0769. The average Bonchev–Trinajstić information content (AvgIpc) is 2.43. The summed E-state index contributed by atoms with van der Waals surface area (Å²) in [5.41, 5.74) is 1.35. The summed E-state index contributed by atoms with van der Waals surface area (Å²) in [6, 6.07) is 7.24. The maximum Gasteiger partial charge on any atom is 0.263 e. The van der Waals surface area contributed by atoms with Crippen LogP contribution in [0.5, 0.6) is 0 Å². The van der Waals surface area contributed by atoms with Crippen LogP contribution >= 0.6 is 0 Å². The first-order valence-corrected chi connectivity index (χ1v) is 5.54. The van der Waals surface area contributed by atoms with E-state index in [0.29, 0.717) is 17.6 Å². The molecule has 3 heterocycles. The van der Waals surface area contributed by atoms with Crippen LogP contribution in [0.3, 0.4) is 0 Å². The fourth-order valence-electron chi connectivity index (χ4n) is 1.80. The summed E-state index contributed by atoms with van der Waals surface area (Å²) in [4.78, 5) is 24.4. The molecule has 0 bridgehead atoms. The number of nitrogens with zero attached hydrogens (tertiary/aromatic N) is 4. The Labute approximate surface area is 103 Å². The lowest BCUT2D eigenvalue weighted by Gasteiger charge is -2.05. The molecule has 0 saturated heterocycles. The predicted octanol–water partition coefficient (Wildman–Crippen LogP) is 1.23. The van der Waals surface area contributed by atoms with E-state index in [0.717, 1.165) is 5.56 Å². The highest BCUT2D eigenvalue weighted by molar-refractivity contribution is 5.72. The first-order chi connectivity index (χ1) is 8.84. The van der Waals surface area contributed by atoms with E-state index >= 15 is 0 Å². The Bertz CT molecular complexity index is 737. The van der Waals surface area contributed by atoms with E-state index < -0.39 is 0 Å². The zero-order valence-corrected chi connectivity index (χ0v) is 9.52. The number of hydrogen-bond acceptors (Lipinski definition) is 4. The van der Waals surface area contributed by atoms with Gasteiger partial charge in [-0.2, -0.15) is 0 Å². The third-order valence-electron chi connectivity index (χ3n) is 2.67. The summed E-state index contributed by atoms with van der Waals surface area (Å²) in [6.07, 6.45) is 6.58. The predicted molar refractivity (Wildman–Crippen MR) is 67.1 cm³/mol. The highest BCUT2D eigenvalue weighted by atomic mass is 16.1. The van der Waals surface area contributed by atoms with Gasteiger partial charge in [0.1, 0.15) is 6.33 Å². The minimum Gasteiger partial charge on any atom is -0.294 e. The molecule has 0 aliphatic heterocycles. The van der Waals surface area contributed by atoms with Crippen LogP contribution in [0.25, 0.3) is 11.0 Å². The molecule has 0 amide bonds. The molecule has 0 unspecified atom stereocenters. The standard InChI is InChI=1S/C13H10N4O/c18-13-11-4-2-6-15-12(11)16-9-17(13)8-10-3-1-5-14-7-10/h1-7,9H,8H2. The van der Waals surface area contributed by atoms with Gasteiger partial charge >= 0.3 is 0 Å². The first-order valence-electron chi connectivity index (χ1n) is 5.54. The Hall–Kier alpha value is -2.56. The summed E-state index contributed by atoms with van der Waals surface area (Å²) >= 11 is 0. The second-order valence-electron chi connectivity index (χ2n) is 3.91. The van der Waals surface area contributed by atoms with Gasteiger partial charge < -0.3 is 0 Å². The van der Waals surface area contributed by atoms with Gasteiger partial charge in [-0.05, 0) is 23.8 Å². The van der Waals surface area contributed by atoms with Crippen LogP contribution in [0.1, 0.15) is 5.56 Å². The van der Waals surface area contributed by atoms with Crippen LogP contribution in [-0.2, 0) is 6.54 Å². The first kappa shape index (κ1) is 10.6. The maximum absolute atomic E-state index is 12.2. The zero-order chi connectivity index (χ0) is 12.4. The highest BCUT2D eigenvalue weighted by Crippen LogP contribution is 2.03. The Morgan fingerprint density at radius 2 is 2.00 bits per heavy atom. The van der Waals surface area contributed by atoms with Crippen molar-refractivity contribution in [1.82, 2.24) is 19.5 Å². The molecule has 3 aromatic heterocycles. The zero-order valence-electron chi connectivity index (χ0n) is 9.52. The van der Waals surface area contributed by atoms with Crippen molar-refractivity contribution in [1.29, 1.82) is 0 Å². The lowest BCUT2D eigenvalue weighted by molar-refractivity contribution is 0.744. The normalized spacial score (nSPS) is 10.7. The molecule has 0 aliphatic rings. The van der Waals surface area contributed by atoms with Crippen molar-refractivity contribution < 1.29 is 0 Å². The number of aromatic nitrogens is 4. The van der Waals surface area contributed by atoms with E-state index in [1.54, 1.807) is 35.3 Å². The van der Waals surface area contributed by atoms with Gasteiger partial charge in [0.25, 0.3) is 5.56 Å². The van der Waals surface area contributed by atoms with Crippen LogP contribution < -0.4 is 5.56 Å². The Kier molecular flexibility index (Phi) is 2.57. The average molecular weight is 238 g/mol. The molecule has 3 rings (SSSR count). The Morgan fingerprint density at radius 1 is 1.11 bits per heavy atom. The quantitative estimate of drug-likeness (QED) is 0.673. The van der Waals surface area contributed by atoms with Crippen molar-refractivity contribution in [2.45, 2.75) is 6.54 Å². The molecule has 0 N–H and O–H groups in total. The molecule has 18 heavy (non-hydrogen) atoms. The van der Waals surface area contributed by atoms with Gasteiger partial charge in [0.2, 0.25) is 0 Å². The smallest absolute Gasteiger partial charge is 0.263 e. The van der Waals surface area contributed by atoms with E-state index in [1.165, 1.54) is 6.33 Å². The highest BCUT2D eigenvalue weighted by Gasteiger charge is 2.04. The van der Waals surface area contributed by atoms with Gasteiger partial charge in [-0.3, -0.25) is 14.3 Å². The maximum atomic E-state index is 12.2. The molecule has 0 saturated carbocycles. The van der Waals surface area contributed by atoms with Gasteiger partial charge in [0, 0.05) is 18.6 Å². The summed E-state index contributed by atoms with van der Waals surface area (Å²) in [6.45, 7) is 0.463. The van der Waals surface area contributed by atoms with Crippen molar-refractivity contribution in [3.05, 3.63) is 65.1 Å². The Morgan fingerprint density at radius 3 is 2.83 bits per heavy atom. The van der Waals surface area contributed by atoms with Crippen molar-refractivity contribution in [2.75, 3.05) is 0 Å². The van der Waals surface area contributed by atoms with E-state index in [-0.39, 0.29) is 5.56 Å². The molecule has 0 aliphatic carbocycles. The van der Waals surface area contributed by atoms with Gasteiger partial charge in [-0.1, -0.05) is 6.07 Å². The minimum absolute atomic E-state index is 0.0862. The third-order valence-corrected chi connectivity index (χ3v) is 2.67. The van der Waals surface area contributed by atoms with Crippen LogP contribution in [0.4, 0.5) is 0 Å². The van der Waals surface area contributed by atoms with Crippen LogP contribution in [0.2, 0.25) is 0 Å². The molecule has 0 spiro atoms. The molecular formula is C13H10N4O. The van der Waals surface area contributed by atoms with Gasteiger partial charge in [-0.25, -0.2) is 9.97 Å². The van der Waals surface area contributed by atoms with Gasteiger partial charge in [0.05, 0.1) is 11.9 Å². The molecular weight excluding hydrogens is 228 g/mol. The molecule has 0 radical (unpaired) electrons. The summed E-state index contributed by atoms with van der Waals surface area (Å²) in [5.74, 6) is 0. The molecule has 3 aromatic rings. The lowest BCUT2D eigenvalue weighted by atomic mass is 10.3. The third kappa shape index (κ3) is 1.86. The number of hydrogen-bond donors (Lipinski definition) is 0. The second kappa shape index (κ2) is 4.37. The van der Waals surface area contributed by atoms with Crippen molar-refractivity contribution in [3.63, 3.8) is 0 Å². The topological polar surface area (TPSA) is 60.7 Å². The second-order valence-corrected chi connectivity index (χ2v) is 3.91. The summed E-state index contributed by atoms with van der Waals surface area (Å²) < 4.78 is 1.56. The monoisotopic (exact) mass is 238 g/mol. The van der Waals surface area contributed by atoms with Crippen LogP contribution in [0.15, 0.2) is 54.0 Å². The van der Waals surface area contributed by atoms with Crippen LogP contribution in [0, 0.1) is 0 Å². The van der Waals surface area contributed by atoms with Crippen LogP contribution in [-0.4, -0.2) is 19.5 Å². The number of pyridine rings is 2. The van der Waals surface area contributed by atoms with E-state index in [4.69, 9.17) is 0 Å². The molecule has 88 valence electrons. The molecule has 0 aromatic carbocycles. The molecule has 0 atom stereocenters. The van der Waals surface area contributed by atoms with Gasteiger partial charge in [-0.15, -0.1) is 0 Å². The molecule has 5 nitrogen and oxygen atoms in total. The lowest BCUT2D eigenvalue weighted by Crippen LogP contribution is -2.21. The summed E-state index contributed by atoms with van der Waals surface area (Å²) in [7, 11) is 0. The largest absolute Gasteiger partial charge is 0.294 e. The Balaban J connectivity index is 2.08. The van der Waals surface area contributed by atoms with E-state index in [9.17, 15) is 4.79 Å². The molecule has 0 fully saturated rings. The summed E-state index contributed by atoms with van der Waals surface area (Å²) in [5, 5.41) is 0.531. The fourth-order valence-corrected chi connectivity index (χ4v) is 1.80. The van der Waals surface area contributed by atoms with Crippen molar-refractivity contribution >= 4 is 11.0 Å². The van der Waals surface area contributed by atoms with E-state index in [1.807, 2.05) is 12.1 Å². The van der Waals surface area contributed by atoms with E-state index in [2.05, 4.69) is 15.0 Å². The minimum atomic E-state index is -0.0862. The number of rotatable bonds is 2. The van der Waals surface area contributed by atoms with Gasteiger partial charge in [0.15, 0.2) is 5.65 Å². The molecule has 5 heteroatoms. The van der Waals surface area contributed by atoms with Crippen molar-refractivity contribution in [3.8, 4) is 0 Å². The SMILES string of the molecule is O=c1c2cccnc2ncn1Cc1cccnc1. The van der Waals surface area contributed by atoms with Crippen molar-refractivity contribution in [2.24, 2.45) is 0 Å². The number of fused-ring (bicyclic) bond motifs is 1.